The minimum Gasteiger partial charge on any atom is -0.338 e. The average molecular weight is 247 g/mol. The molecule has 0 fully saturated rings. The molecule has 0 aliphatic carbocycles. The fourth-order valence-corrected chi connectivity index (χ4v) is 1.99. The second-order valence-electron chi connectivity index (χ2n) is 4.46. The van der Waals surface area contributed by atoms with Crippen LogP contribution in [0.1, 0.15) is 24.0 Å². The van der Waals surface area contributed by atoms with Gasteiger partial charge in [-0.05, 0) is 13.5 Å². The van der Waals surface area contributed by atoms with Gasteiger partial charge in [0.25, 0.3) is 0 Å². The van der Waals surface area contributed by atoms with Gasteiger partial charge in [0, 0.05) is 50.2 Å². The summed E-state index contributed by atoms with van der Waals surface area (Å²) in [5, 5.41) is 7.77. The third-order valence-corrected chi connectivity index (χ3v) is 3.24. The number of nitrogens with zero attached hydrogens (tertiary/aromatic N) is 4. The molecule has 0 aliphatic rings. The first-order chi connectivity index (χ1) is 8.72. The van der Waals surface area contributed by atoms with Crippen molar-refractivity contribution in [1.29, 1.82) is 0 Å². The average Bonchev–Trinajstić information content (AvgIpc) is 2.92. The van der Waals surface area contributed by atoms with Gasteiger partial charge in [-0.3, -0.25) is 4.68 Å². The molecular formula is C13H21N5. The maximum Gasteiger partial charge on any atom is 0.110 e. The molecule has 0 unspecified atom stereocenters. The third-order valence-electron chi connectivity index (χ3n) is 3.24. The highest BCUT2D eigenvalue weighted by atomic mass is 15.3. The Kier molecular flexibility index (Phi) is 4.15. The second-order valence-corrected chi connectivity index (χ2v) is 4.46. The van der Waals surface area contributed by atoms with Crippen molar-refractivity contribution in [3.63, 3.8) is 0 Å². The van der Waals surface area contributed by atoms with Crippen molar-refractivity contribution in [3.05, 3.63) is 35.7 Å². The van der Waals surface area contributed by atoms with Crippen LogP contribution in [0.15, 0.2) is 18.6 Å². The molecule has 1 N–H and O–H groups in total. The standard InChI is InChI=1S/C13H21N5/c1-4-14-9-12-10-16-18(11(12)2)7-5-13-15-6-8-17(13)3/h6,8,10,14H,4-5,7,9H2,1-3H3. The summed E-state index contributed by atoms with van der Waals surface area (Å²) in [6.45, 7) is 6.99. The molecule has 2 heterocycles. The first-order valence-corrected chi connectivity index (χ1v) is 6.40. The lowest BCUT2D eigenvalue weighted by atomic mass is 10.2. The molecule has 2 aromatic heterocycles. The first kappa shape index (κ1) is 12.8. The largest absolute Gasteiger partial charge is 0.338 e. The van der Waals surface area contributed by atoms with Gasteiger partial charge in [-0.1, -0.05) is 6.92 Å². The predicted octanol–water partition coefficient (Wildman–Crippen LogP) is 1.28. The van der Waals surface area contributed by atoms with Crippen LogP contribution >= 0.6 is 0 Å². The van der Waals surface area contributed by atoms with Gasteiger partial charge in [-0.15, -0.1) is 0 Å². The Morgan fingerprint density at radius 3 is 2.89 bits per heavy atom. The van der Waals surface area contributed by atoms with Crippen LogP contribution < -0.4 is 5.32 Å². The summed E-state index contributed by atoms with van der Waals surface area (Å²) in [6.07, 6.45) is 6.67. The lowest BCUT2D eigenvalue weighted by Crippen LogP contribution is -2.13. The van der Waals surface area contributed by atoms with Gasteiger partial charge in [-0.2, -0.15) is 5.10 Å². The maximum absolute atomic E-state index is 4.44. The SMILES string of the molecule is CCNCc1cnn(CCc2nccn2C)c1C. The van der Waals surface area contributed by atoms with Crippen molar-refractivity contribution < 1.29 is 0 Å². The molecule has 5 heteroatoms. The molecule has 0 amide bonds. The fourth-order valence-electron chi connectivity index (χ4n) is 1.99. The van der Waals surface area contributed by atoms with Crippen molar-refractivity contribution in [2.24, 2.45) is 7.05 Å². The van der Waals surface area contributed by atoms with Gasteiger partial charge >= 0.3 is 0 Å². The molecule has 2 rings (SSSR count). The Balaban J connectivity index is 1.97. The Bertz CT molecular complexity index is 497. The molecule has 0 atom stereocenters. The molecule has 0 aliphatic heterocycles. The van der Waals surface area contributed by atoms with Crippen molar-refractivity contribution in [1.82, 2.24) is 24.6 Å². The summed E-state index contributed by atoms with van der Waals surface area (Å²) in [5.74, 6) is 1.10. The van der Waals surface area contributed by atoms with E-state index in [1.807, 2.05) is 25.6 Å². The van der Waals surface area contributed by atoms with Crippen molar-refractivity contribution in [3.8, 4) is 0 Å². The van der Waals surface area contributed by atoms with E-state index in [0.717, 1.165) is 31.9 Å². The zero-order valence-electron chi connectivity index (χ0n) is 11.3. The van der Waals surface area contributed by atoms with E-state index in [-0.39, 0.29) is 0 Å². The quantitative estimate of drug-likeness (QED) is 0.836. The van der Waals surface area contributed by atoms with E-state index < -0.39 is 0 Å². The number of imidazole rings is 1. The summed E-state index contributed by atoms with van der Waals surface area (Å²) < 4.78 is 4.11. The molecule has 0 saturated heterocycles. The molecule has 0 saturated carbocycles. The molecule has 0 aromatic carbocycles. The van der Waals surface area contributed by atoms with Crippen LogP contribution in [0.2, 0.25) is 0 Å². The molecule has 0 spiro atoms. The van der Waals surface area contributed by atoms with Gasteiger partial charge < -0.3 is 9.88 Å². The molecule has 98 valence electrons. The normalized spacial score (nSPS) is 11.1. The molecule has 0 bridgehead atoms. The van der Waals surface area contributed by atoms with Crippen molar-refractivity contribution in [2.45, 2.75) is 33.4 Å². The topological polar surface area (TPSA) is 47.7 Å². The number of hydrogen-bond donors (Lipinski definition) is 1. The Morgan fingerprint density at radius 1 is 1.39 bits per heavy atom. The van der Waals surface area contributed by atoms with E-state index >= 15 is 0 Å². The van der Waals surface area contributed by atoms with Gasteiger partial charge in [0.15, 0.2) is 0 Å². The summed E-state index contributed by atoms with van der Waals surface area (Å²) in [6, 6.07) is 0. The highest BCUT2D eigenvalue weighted by Crippen LogP contribution is 2.08. The fraction of sp³-hybridized carbons (Fsp3) is 0.538. The molecule has 5 nitrogen and oxygen atoms in total. The van der Waals surface area contributed by atoms with Crippen LogP contribution in [0.25, 0.3) is 0 Å². The predicted molar refractivity (Wildman–Crippen MR) is 71.3 cm³/mol. The summed E-state index contributed by atoms with van der Waals surface area (Å²) in [7, 11) is 2.02. The second kappa shape index (κ2) is 5.82. The van der Waals surface area contributed by atoms with Gasteiger partial charge in [-0.25, -0.2) is 4.98 Å². The zero-order chi connectivity index (χ0) is 13.0. The zero-order valence-corrected chi connectivity index (χ0v) is 11.3. The van der Waals surface area contributed by atoms with E-state index in [2.05, 4.69) is 38.5 Å². The van der Waals surface area contributed by atoms with E-state index in [9.17, 15) is 0 Å². The summed E-state index contributed by atoms with van der Waals surface area (Å²) in [5.41, 5.74) is 2.52. The van der Waals surface area contributed by atoms with Crippen LogP contribution in [0.5, 0.6) is 0 Å². The number of hydrogen-bond acceptors (Lipinski definition) is 3. The van der Waals surface area contributed by atoms with Crippen LogP contribution in [0.3, 0.4) is 0 Å². The highest BCUT2D eigenvalue weighted by Gasteiger charge is 2.07. The van der Waals surface area contributed by atoms with E-state index in [1.54, 1.807) is 0 Å². The monoisotopic (exact) mass is 247 g/mol. The van der Waals surface area contributed by atoms with Gasteiger partial charge in [0.1, 0.15) is 5.82 Å². The summed E-state index contributed by atoms with van der Waals surface area (Å²) in [4.78, 5) is 4.33. The molecular weight excluding hydrogens is 226 g/mol. The Labute approximate surface area is 108 Å². The van der Waals surface area contributed by atoms with Gasteiger partial charge in [0.2, 0.25) is 0 Å². The van der Waals surface area contributed by atoms with E-state index in [1.165, 1.54) is 11.3 Å². The molecule has 0 radical (unpaired) electrons. The smallest absolute Gasteiger partial charge is 0.110 e. The summed E-state index contributed by atoms with van der Waals surface area (Å²) >= 11 is 0. The number of aryl methyl sites for hydroxylation is 3. The Hall–Kier alpha value is -1.62. The van der Waals surface area contributed by atoms with Crippen molar-refractivity contribution in [2.75, 3.05) is 6.54 Å². The highest BCUT2D eigenvalue weighted by molar-refractivity contribution is 5.15. The number of rotatable bonds is 6. The number of nitrogens with one attached hydrogen (secondary N) is 1. The molecule has 18 heavy (non-hydrogen) atoms. The number of aromatic nitrogens is 4. The Morgan fingerprint density at radius 2 is 2.22 bits per heavy atom. The minimum absolute atomic E-state index is 0.878. The van der Waals surface area contributed by atoms with Gasteiger partial charge in [0.05, 0.1) is 6.20 Å². The molecule has 2 aromatic rings. The lowest BCUT2D eigenvalue weighted by Gasteiger charge is -2.06. The first-order valence-electron chi connectivity index (χ1n) is 6.40. The van der Waals surface area contributed by atoms with Crippen LogP contribution in [-0.4, -0.2) is 25.9 Å². The van der Waals surface area contributed by atoms with Crippen LogP contribution in [0, 0.1) is 6.92 Å². The van der Waals surface area contributed by atoms with E-state index in [4.69, 9.17) is 0 Å². The lowest BCUT2D eigenvalue weighted by molar-refractivity contribution is 0.574. The minimum atomic E-state index is 0.878. The van der Waals surface area contributed by atoms with Crippen LogP contribution in [0.4, 0.5) is 0 Å². The maximum atomic E-state index is 4.44. The van der Waals surface area contributed by atoms with E-state index in [0.29, 0.717) is 0 Å². The van der Waals surface area contributed by atoms with Crippen molar-refractivity contribution >= 4 is 0 Å². The van der Waals surface area contributed by atoms with Crippen LogP contribution in [-0.2, 0) is 26.6 Å². The third kappa shape index (κ3) is 2.79.